The lowest BCUT2D eigenvalue weighted by molar-refractivity contribution is -0.136. The summed E-state index contributed by atoms with van der Waals surface area (Å²) < 4.78 is 13.8. The van der Waals surface area contributed by atoms with Gasteiger partial charge in [-0.3, -0.25) is 14.6 Å². The van der Waals surface area contributed by atoms with Crippen LogP contribution in [0.4, 0.5) is 4.39 Å². The maximum Gasteiger partial charge on any atom is 0.270 e. The number of hydrogen-bond donors (Lipinski definition) is 2. The van der Waals surface area contributed by atoms with Gasteiger partial charge in [0.15, 0.2) is 5.78 Å². The number of aliphatic hydroxyl groups is 1. The van der Waals surface area contributed by atoms with Crippen molar-refractivity contribution in [2.45, 2.75) is 43.7 Å². The van der Waals surface area contributed by atoms with Gasteiger partial charge >= 0.3 is 0 Å². The summed E-state index contributed by atoms with van der Waals surface area (Å²) in [6, 6.07) is 8.89. The molecule has 2 N–H and O–H groups in total. The maximum atomic E-state index is 13.8. The van der Waals surface area contributed by atoms with Crippen molar-refractivity contribution in [3.8, 4) is 0 Å². The van der Waals surface area contributed by atoms with Gasteiger partial charge < -0.3 is 10.4 Å². The van der Waals surface area contributed by atoms with Crippen molar-refractivity contribution in [1.82, 2.24) is 10.3 Å². The fourth-order valence-electron chi connectivity index (χ4n) is 5.91. The molecule has 5 nitrogen and oxygen atoms in total. The highest BCUT2D eigenvalue weighted by atomic mass is 19.1. The number of aromatic nitrogens is 1. The number of benzene rings is 1. The number of amides is 1. The van der Waals surface area contributed by atoms with Crippen LogP contribution in [0, 0.1) is 23.6 Å². The van der Waals surface area contributed by atoms with E-state index in [4.69, 9.17) is 0 Å². The third-order valence-corrected chi connectivity index (χ3v) is 6.92. The van der Waals surface area contributed by atoms with Gasteiger partial charge in [-0.1, -0.05) is 12.1 Å². The molecule has 4 aliphatic rings. The molecule has 0 saturated heterocycles. The zero-order valence-corrected chi connectivity index (χ0v) is 16.0. The molecular formula is C23H23FN2O3. The van der Waals surface area contributed by atoms with E-state index in [2.05, 4.69) is 10.3 Å². The number of pyridine rings is 1. The van der Waals surface area contributed by atoms with Crippen molar-refractivity contribution in [3.63, 3.8) is 0 Å². The van der Waals surface area contributed by atoms with Crippen LogP contribution >= 0.6 is 0 Å². The number of hydrogen-bond acceptors (Lipinski definition) is 4. The highest BCUT2D eigenvalue weighted by Crippen LogP contribution is 2.55. The van der Waals surface area contributed by atoms with E-state index >= 15 is 0 Å². The summed E-state index contributed by atoms with van der Waals surface area (Å²) >= 11 is 0. The van der Waals surface area contributed by atoms with Crippen LogP contribution in [-0.2, 0) is 0 Å². The zero-order valence-electron chi connectivity index (χ0n) is 16.0. The summed E-state index contributed by atoms with van der Waals surface area (Å²) in [5, 5.41) is 13.8. The predicted molar refractivity (Wildman–Crippen MR) is 104 cm³/mol. The van der Waals surface area contributed by atoms with Crippen molar-refractivity contribution < 1.29 is 19.1 Å². The first kappa shape index (κ1) is 18.4. The lowest BCUT2D eigenvalue weighted by Crippen LogP contribution is -2.61. The summed E-state index contributed by atoms with van der Waals surface area (Å²) in [4.78, 5) is 29.3. The van der Waals surface area contributed by atoms with Crippen molar-refractivity contribution in [2.75, 3.05) is 0 Å². The number of rotatable bonds is 4. The second-order valence-corrected chi connectivity index (χ2v) is 8.93. The molecule has 1 aromatic heterocycles. The monoisotopic (exact) mass is 394 g/mol. The molecule has 29 heavy (non-hydrogen) atoms. The van der Waals surface area contributed by atoms with Crippen LogP contribution in [0.15, 0.2) is 42.6 Å². The molecule has 1 amide bonds. The van der Waals surface area contributed by atoms with Crippen LogP contribution < -0.4 is 5.32 Å². The van der Waals surface area contributed by atoms with Crippen molar-refractivity contribution in [1.29, 1.82) is 0 Å². The van der Waals surface area contributed by atoms with E-state index in [0.717, 1.165) is 32.1 Å². The van der Waals surface area contributed by atoms with Gasteiger partial charge in [-0.05, 0) is 74.1 Å². The molecule has 4 bridgehead atoms. The molecule has 1 aromatic carbocycles. The topological polar surface area (TPSA) is 79.3 Å². The quantitative estimate of drug-likeness (QED) is 0.781. The summed E-state index contributed by atoms with van der Waals surface area (Å²) in [5.74, 6) is -0.0966. The molecule has 0 spiro atoms. The van der Waals surface area contributed by atoms with E-state index in [9.17, 15) is 19.1 Å². The molecule has 2 atom stereocenters. The maximum absolute atomic E-state index is 13.8. The molecule has 4 fully saturated rings. The number of nitrogens with zero attached hydrogens (tertiary/aromatic N) is 1. The Bertz CT molecular complexity index is 958. The van der Waals surface area contributed by atoms with Crippen molar-refractivity contribution in [3.05, 3.63) is 65.2 Å². The first-order chi connectivity index (χ1) is 13.9. The minimum atomic E-state index is -0.581. The second-order valence-electron chi connectivity index (χ2n) is 8.93. The van der Waals surface area contributed by atoms with E-state index in [1.54, 1.807) is 6.07 Å². The third kappa shape index (κ3) is 3.25. The van der Waals surface area contributed by atoms with Gasteiger partial charge in [0, 0.05) is 17.8 Å². The Morgan fingerprint density at radius 3 is 2.41 bits per heavy atom. The largest absolute Gasteiger partial charge is 0.390 e. The molecule has 6 heteroatoms. The first-order valence-corrected chi connectivity index (χ1v) is 10.2. The highest BCUT2D eigenvalue weighted by Gasteiger charge is 2.55. The molecular weight excluding hydrogens is 371 g/mol. The normalized spacial score (nSPS) is 32.2. The Kier molecular flexibility index (Phi) is 4.28. The molecule has 1 heterocycles. The van der Waals surface area contributed by atoms with Crippen LogP contribution in [-0.4, -0.2) is 33.4 Å². The summed E-state index contributed by atoms with van der Waals surface area (Å²) in [6.07, 6.45) is 5.87. The number of nitrogens with one attached hydrogen (secondary N) is 1. The lowest BCUT2D eigenvalue weighted by Gasteiger charge is -2.58. The van der Waals surface area contributed by atoms with Crippen molar-refractivity contribution in [2.24, 2.45) is 17.8 Å². The standard InChI is InChI=1S/C23H23FN2O3/c24-18-4-2-1-3-17(18)21(27)14-5-6-19(25-12-14)22(28)26-20-15-7-13-8-16(20)11-23(29,9-13)10-15/h1-6,12-13,15-16,20,29H,7-11H2,(H,26,28). The van der Waals surface area contributed by atoms with Crippen LogP contribution in [0.2, 0.25) is 0 Å². The summed E-state index contributed by atoms with van der Waals surface area (Å²) in [6.45, 7) is 0. The Morgan fingerprint density at radius 1 is 1.07 bits per heavy atom. The van der Waals surface area contributed by atoms with Crippen LogP contribution in [0.1, 0.15) is 58.5 Å². The smallest absolute Gasteiger partial charge is 0.270 e. The van der Waals surface area contributed by atoms with Crippen molar-refractivity contribution >= 4 is 11.7 Å². The van der Waals surface area contributed by atoms with Gasteiger partial charge in [-0.2, -0.15) is 0 Å². The van der Waals surface area contributed by atoms with Gasteiger partial charge in [0.25, 0.3) is 5.91 Å². The molecule has 4 saturated carbocycles. The molecule has 0 radical (unpaired) electrons. The van der Waals surface area contributed by atoms with Gasteiger partial charge in [0.05, 0.1) is 11.2 Å². The molecule has 0 aliphatic heterocycles. The molecule has 2 aromatic rings. The summed E-state index contributed by atoms with van der Waals surface area (Å²) in [7, 11) is 0. The predicted octanol–water partition coefficient (Wildman–Crippen LogP) is 3.12. The number of halogens is 1. The fraction of sp³-hybridized carbons (Fsp3) is 0.435. The van der Waals surface area contributed by atoms with Crippen LogP contribution in [0.5, 0.6) is 0 Å². The van der Waals surface area contributed by atoms with E-state index in [1.165, 1.54) is 36.5 Å². The number of carbonyl (C=O) groups excluding carboxylic acids is 2. The van der Waals surface area contributed by atoms with Crippen LogP contribution in [0.25, 0.3) is 0 Å². The average Bonchev–Trinajstić information content (AvgIpc) is 2.69. The Morgan fingerprint density at radius 2 is 1.79 bits per heavy atom. The lowest BCUT2D eigenvalue weighted by atomic mass is 9.52. The van der Waals surface area contributed by atoms with E-state index < -0.39 is 17.2 Å². The number of ketones is 1. The molecule has 4 aliphatic carbocycles. The fourth-order valence-corrected chi connectivity index (χ4v) is 5.91. The first-order valence-electron chi connectivity index (χ1n) is 10.2. The SMILES string of the molecule is O=C(NC1C2CC3CC1CC(O)(C3)C2)c1ccc(C(=O)c2ccccc2F)cn1. The van der Waals surface area contributed by atoms with Gasteiger partial charge in [0.2, 0.25) is 0 Å². The second kappa shape index (κ2) is 6.73. The third-order valence-electron chi connectivity index (χ3n) is 6.92. The van der Waals surface area contributed by atoms with E-state index in [0.29, 0.717) is 17.8 Å². The molecule has 2 unspecified atom stereocenters. The van der Waals surface area contributed by atoms with Gasteiger partial charge in [0.1, 0.15) is 11.5 Å². The minimum Gasteiger partial charge on any atom is -0.390 e. The average molecular weight is 394 g/mol. The molecule has 150 valence electrons. The molecule has 6 rings (SSSR count). The minimum absolute atomic E-state index is 0.0157. The zero-order chi connectivity index (χ0) is 20.2. The number of carbonyl (C=O) groups is 2. The Balaban J connectivity index is 1.29. The van der Waals surface area contributed by atoms with Crippen LogP contribution in [0.3, 0.4) is 0 Å². The highest BCUT2D eigenvalue weighted by molar-refractivity contribution is 6.09. The Labute approximate surface area is 168 Å². The van der Waals surface area contributed by atoms with Gasteiger partial charge in [-0.25, -0.2) is 4.39 Å². The summed E-state index contributed by atoms with van der Waals surface area (Å²) in [5.41, 5.74) is -0.0748. The Hall–Kier alpha value is -2.60. The van der Waals surface area contributed by atoms with Gasteiger partial charge in [-0.15, -0.1) is 0 Å². The van der Waals surface area contributed by atoms with E-state index in [-0.39, 0.29) is 28.8 Å². The van der Waals surface area contributed by atoms with E-state index in [1.807, 2.05) is 0 Å².